The molecule has 0 unspecified atom stereocenters. The van der Waals surface area contributed by atoms with Crippen LogP contribution in [-0.4, -0.2) is 28.7 Å². The first-order valence-electron chi connectivity index (χ1n) is 6.30. The van der Waals surface area contributed by atoms with E-state index in [1.807, 2.05) is 23.7 Å². The number of rotatable bonds is 2. The number of hydrogen-bond acceptors (Lipinski definition) is 3. The van der Waals surface area contributed by atoms with Gasteiger partial charge in [-0.3, -0.25) is 0 Å². The van der Waals surface area contributed by atoms with Crippen molar-refractivity contribution in [1.82, 2.24) is 14.9 Å². The molecule has 1 saturated heterocycles. The number of ether oxygens (including phenoxy) is 1. The zero-order chi connectivity index (χ0) is 12.5. The van der Waals surface area contributed by atoms with Gasteiger partial charge in [0, 0.05) is 13.1 Å². The van der Waals surface area contributed by atoms with Gasteiger partial charge in [0.05, 0.1) is 11.0 Å². The van der Waals surface area contributed by atoms with E-state index in [4.69, 9.17) is 17.0 Å². The maximum Gasteiger partial charge on any atom is 0.177 e. The molecule has 0 atom stereocenters. The first-order valence-corrected chi connectivity index (χ1v) is 6.71. The monoisotopic (exact) mass is 263 g/mol. The second-order valence-corrected chi connectivity index (χ2v) is 5.12. The Balaban J connectivity index is 1.86. The molecule has 3 rings (SSSR count). The van der Waals surface area contributed by atoms with E-state index in [-0.39, 0.29) is 0 Å². The predicted molar refractivity (Wildman–Crippen MR) is 74.6 cm³/mol. The zero-order valence-corrected chi connectivity index (χ0v) is 11.2. The van der Waals surface area contributed by atoms with E-state index in [9.17, 15) is 0 Å². The van der Waals surface area contributed by atoms with Crippen LogP contribution in [0.2, 0.25) is 0 Å². The largest absolute Gasteiger partial charge is 0.490 e. The predicted octanol–water partition coefficient (Wildman–Crippen LogP) is 2.37. The number of piperidine rings is 1. The Morgan fingerprint density at radius 2 is 2.11 bits per heavy atom. The number of imidazole rings is 1. The molecule has 0 spiro atoms. The summed E-state index contributed by atoms with van der Waals surface area (Å²) in [7, 11) is 1.97. The summed E-state index contributed by atoms with van der Waals surface area (Å²) in [6.07, 6.45) is 2.47. The van der Waals surface area contributed by atoms with Crippen LogP contribution in [0.1, 0.15) is 12.8 Å². The first-order chi connectivity index (χ1) is 8.74. The van der Waals surface area contributed by atoms with Gasteiger partial charge < -0.3 is 19.6 Å². The Morgan fingerprint density at radius 3 is 2.89 bits per heavy atom. The van der Waals surface area contributed by atoms with Crippen LogP contribution < -0.4 is 10.1 Å². The minimum atomic E-state index is 0.329. The number of H-pyrrole nitrogens is 1. The Labute approximate surface area is 111 Å². The van der Waals surface area contributed by atoms with Gasteiger partial charge >= 0.3 is 0 Å². The van der Waals surface area contributed by atoms with Gasteiger partial charge in [-0.15, -0.1) is 0 Å². The molecule has 4 nitrogen and oxygen atoms in total. The van der Waals surface area contributed by atoms with Gasteiger partial charge in [0.25, 0.3) is 0 Å². The molecule has 18 heavy (non-hydrogen) atoms. The number of benzene rings is 1. The zero-order valence-electron chi connectivity index (χ0n) is 10.4. The SMILES string of the molecule is Cn1c(=S)[nH]c2cc(OC3CCNCC3)ccc21. The fourth-order valence-electron chi connectivity index (χ4n) is 2.40. The fraction of sp³-hybridized carbons (Fsp3) is 0.462. The van der Waals surface area contributed by atoms with Gasteiger partial charge in [-0.25, -0.2) is 0 Å². The number of aryl methyl sites for hydroxylation is 1. The summed E-state index contributed by atoms with van der Waals surface area (Å²) in [5.74, 6) is 0.922. The van der Waals surface area contributed by atoms with Crippen LogP contribution in [0.15, 0.2) is 18.2 Å². The van der Waals surface area contributed by atoms with E-state index in [0.29, 0.717) is 6.10 Å². The summed E-state index contributed by atoms with van der Waals surface area (Å²) in [6.45, 7) is 2.08. The van der Waals surface area contributed by atoms with E-state index in [1.54, 1.807) is 0 Å². The highest BCUT2D eigenvalue weighted by molar-refractivity contribution is 7.71. The van der Waals surface area contributed by atoms with Crippen molar-refractivity contribution >= 4 is 23.3 Å². The van der Waals surface area contributed by atoms with Gasteiger partial charge in [-0.1, -0.05) is 0 Å². The Morgan fingerprint density at radius 1 is 1.33 bits per heavy atom. The lowest BCUT2D eigenvalue weighted by Gasteiger charge is -2.23. The molecule has 0 radical (unpaired) electrons. The minimum Gasteiger partial charge on any atom is -0.490 e. The summed E-state index contributed by atoms with van der Waals surface area (Å²) in [4.78, 5) is 3.19. The van der Waals surface area contributed by atoms with Crippen molar-refractivity contribution in [3.8, 4) is 5.75 Å². The molecule has 0 aliphatic carbocycles. The van der Waals surface area contributed by atoms with Crippen molar-refractivity contribution in [3.05, 3.63) is 23.0 Å². The molecule has 1 aromatic carbocycles. The molecule has 0 amide bonds. The van der Waals surface area contributed by atoms with Crippen molar-refractivity contribution in [2.45, 2.75) is 18.9 Å². The molecule has 5 heteroatoms. The molecule has 2 N–H and O–H groups in total. The Hall–Kier alpha value is -1.33. The van der Waals surface area contributed by atoms with E-state index < -0.39 is 0 Å². The molecule has 1 aliphatic heterocycles. The van der Waals surface area contributed by atoms with Gasteiger partial charge in [-0.05, 0) is 50.3 Å². The number of aromatic amines is 1. The van der Waals surface area contributed by atoms with Crippen LogP contribution >= 0.6 is 12.2 Å². The third kappa shape index (κ3) is 2.15. The van der Waals surface area contributed by atoms with Crippen molar-refractivity contribution in [2.75, 3.05) is 13.1 Å². The highest BCUT2D eigenvalue weighted by Gasteiger charge is 2.14. The maximum absolute atomic E-state index is 6.01. The molecular formula is C13H17N3OS. The quantitative estimate of drug-likeness (QED) is 0.817. The lowest BCUT2D eigenvalue weighted by atomic mass is 10.1. The van der Waals surface area contributed by atoms with Gasteiger partial charge in [0.2, 0.25) is 0 Å². The number of fused-ring (bicyclic) bond motifs is 1. The molecule has 2 heterocycles. The van der Waals surface area contributed by atoms with Crippen molar-refractivity contribution < 1.29 is 4.74 Å². The highest BCUT2D eigenvalue weighted by atomic mass is 32.1. The Bertz CT molecular complexity index is 610. The fourth-order valence-corrected chi connectivity index (χ4v) is 2.60. The number of aromatic nitrogens is 2. The van der Waals surface area contributed by atoms with Crippen LogP contribution in [0.25, 0.3) is 11.0 Å². The van der Waals surface area contributed by atoms with Gasteiger partial charge in [0.15, 0.2) is 4.77 Å². The van der Waals surface area contributed by atoms with E-state index in [1.165, 1.54) is 0 Å². The minimum absolute atomic E-state index is 0.329. The van der Waals surface area contributed by atoms with Crippen LogP contribution in [0, 0.1) is 4.77 Å². The van der Waals surface area contributed by atoms with E-state index in [0.717, 1.165) is 47.5 Å². The lowest BCUT2D eigenvalue weighted by molar-refractivity contribution is 0.162. The molecule has 1 aliphatic rings. The molecule has 96 valence electrons. The number of nitrogens with zero attached hydrogens (tertiary/aromatic N) is 1. The topological polar surface area (TPSA) is 42.0 Å². The summed E-state index contributed by atoms with van der Waals surface area (Å²) in [5.41, 5.74) is 2.14. The van der Waals surface area contributed by atoms with E-state index >= 15 is 0 Å². The lowest BCUT2D eigenvalue weighted by Crippen LogP contribution is -2.34. The van der Waals surface area contributed by atoms with Crippen LogP contribution in [-0.2, 0) is 7.05 Å². The summed E-state index contributed by atoms with van der Waals surface area (Å²) >= 11 is 5.22. The van der Waals surface area contributed by atoms with Crippen molar-refractivity contribution in [3.63, 3.8) is 0 Å². The van der Waals surface area contributed by atoms with E-state index in [2.05, 4.69) is 16.4 Å². The molecule has 0 saturated carbocycles. The van der Waals surface area contributed by atoms with Crippen molar-refractivity contribution in [1.29, 1.82) is 0 Å². The summed E-state index contributed by atoms with van der Waals surface area (Å²) < 4.78 is 8.72. The molecular weight excluding hydrogens is 246 g/mol. The van der Waals surface area contributed by atoms with Crippen LogP contribution in [0.5, 0.6) is 5.75 Å². The number of nitrogens with one attached hydrogen (secondary N) is 2. The molecule has 1 aromatic heterocycles. The molecule has 2 aromatic rings. The third-order valence-electron chi connectivity index (χ3n) is 3.46. The first kappa shape index (κ1) is 11.7. The molecule has 0 bridgehead atoms. The third-order valence-corrected chi connectivity index (χ3v) is 3.84. The standard InChI is InChI=1S/C13H17N3OS/c1-16-12-3-2-10(8-11(12)15-13(16)18)17-9-4-6-14-7-5-9/h2-3,8-9,14H,4-7H2,1H3,(H,15,18). The molecule has 1 fully saturated rings. The van der Waals surface area contributed by atoms with Gasteiger partial charge in [0.1, 0.15) is 11.9 Å². The van der Waals surface area contributed by atoms with Crippen molar-refractivity contribution in [2.24, 2.45) is 7.05 Å². The normalized spacial score (nSPS) is 17.2. The second-order valence-electron chi connectivity index (χ2n) is 4.74. The number of hydrogen-bond donors (Lipinski definition) is 2. The average molecular weight is 263 g/mol. The van der Waals surface area contributed by atoms with Crippen LogP contribution in [0.4, 0.5) is 0 Å². The summed E-state index contributed by atoms with van der Waals surface area (Å²) in [6, 6.07) is 6.11. The maximum atomic E-state index is 6.01. The Kier molecular flexibility index (Phi) is 3.09. The average Bonchev–Trinajstić information content (AvgIpc) is 2.66. The summed E-state index contributed by atoms with van der Waals surface area (Å²) in [5, 5.41) is 3.34. The highest BCUT2D eigenvalue weighted by Crippen LogP contribution is 2.22. The van der Waals surface area contributed by atoms with Crippen LogP contribution in [0.3, 0.4) is 0 Å². The van der Waals surface area contributed by atoms with Gasteiger partial charge in [-0.2, -0.15) is 0 Å². The second kappa shape index (κ2) is 4.74. The smallest absolute Gasteiger partial charge is 0.177 e.